The average molecular weight is 302 g/mol. The first-order valence-corrected chi connectivity index (χ1v) is 7.67. The van der Waals surface area contributed by atoms with Gasteiger partial charge in [-0.25, -0.2) is 0 Å². The van der Waals surface area contributed by atoms with Crippen LogP contribution in [-0.4, -0.2) is 33.4 Å². The number of aryl methyl sites for hydroxylation is 1. The van der Waals surface area contributed by atoms with Crippen LogP contribution in [0.3, 0.4) is 0 Å². The van der Waals surface area contributed by atoms with Gasteiger partial charge in [0.25, 0.3) is 0 Å². The number of hydrogen-bond donors (Lipinski definition) is 0. The highest BCUT2D eigenvalue weighted by molar-refractivity contribution is 5.92. The molecule has 3 rings (SSSR count). The van der Waals surface area contributed by atoms with E-state index in [-0.39, 0.29) is 18.0 Å². The first-order valence-electron chi connectivity index (χ1n) is 7.67. The summed E-state index contributed by atoms with van der Waals surface area (Å²) in [6, 6.07) is 6.24. The van der Waals surface area contributed by atoms with Crippen LogP contribution >= 0.6 is 0 Å². The number of ether oxygens (including phenoxy) is 3. The number of carbonyl (C=O) groups excluding carboxylic acids is 1. The van der Waals surface area contributed by atoms with Crippen molar-refractivity contribution in [2.45, 2.75) is 31.1 Å². The van der Waals surface area contributed by atoms with Crippen molar-refractivity contribution in [2.75, 3.05) is 27.6 Å². The van der Waals surface area contributed by atoms with Gasteiger partial charge < -0.3 is 14.2 Å². The fourth-order valence-corrected chi connectivity index (χ4v) is 3.70. The molecule has 1 atom stereocenters. The first kappa shape index (κ1) is 15.3. The van der Waals surface area contributed by atoms with Crippen LogP contribution in [0.2, 0.25) is 0 Å². The standard InChI is InChI=1S/C18H22O4/c1-20-12-22-11-18-8-7-15(19)10-14(18)4-3-13-9-16(21-2)5-6-17(13)18/h5-6,9-10H,3-4,7-8,11-12H2,1-2H3. The first-order chi connectivity index (χ1) is 10.7. The minimum atomic E-state index is -0.188. The van der Waals surface area contributed by atoms with E-state index >= 15 is 0 Å². The molecule has 2 aliphatic carbocycles. The van der Waals surface area contributed by atoms with Crippen LogP contribution in [0.5, 0.6) is 5.75 Å². The maximum absolute atomic E-state index is 11.8. The summed E-state index contributed by atoms with van der Waals surface area (Å²) in [5.74, 6) is 1.11. The molecule has 0 N–H and O–H groups in total. The third-order valence-electron chi connectivity index (χ3n) is 4.79. The average Bonchev–Trinajstić information content (AvgIpc) is 2.55. The molecule has 0 amide bonds. The number of methoxy groups -OCH3 is 2. The lowest BCUT2D eigenvalue weighted by Gasteiger charge is -2.43. The van der Waals surface area contributed by atoms with Crippen molar-refractivity contribution >= 4 is 5.78 Å². The molecule has 0 aliphatic heterocycles. The maximum Gasteiger partial charge on any atom is 0.155 e. The molecule has 1 aromatic rings. The van der Waals surface area contributed by atoms with Crippen LogP contribution in [0, 0.1) is 0 Å². The lowest BCUT2D eigenvalue weighted by Crippen LogP contribution is -2.41. The Morgan fingerprint density at radius 2 is 2.05 bits per heavy atom. The normalized spacial score (nSPS) is 23.5. The summed E-state index contributed by atoms with van der Waals surface area (Å²) in [4.78, 5) is 11.8. The summed E-state index contributed by atoms with van der Waals surface area (Å²) in [6.07, 6.45) is 5.07. The van der Waals surface area contributed by atoms with Crippen molar-refractivity contribution in [2.24, 2.45) is 0 Å². The summed E-state index contributed by atoms with van der Waals surface area (Å²) in [6.45, 7) is 0.827. The number of rotatable bonds is 5. The summed E-state index contributed by atoms with van der Waals surface area (Å²) < 4.78 is 16.1. The van der Waals surface area contributed by atoms with Gasteiger partial charge in [-0.2, -0.15) is 0 Å². The topological polar surface area (TPSA) is 44.8 Å². The number of allylic oxidation sites excluding steroid dienone is 1. The number of fused-ring (bicyclic) bond motifs is 3. The van der Waals surface area contributed by atoms with Gasteiger partial charge in [0.15, 0.2) is 5.78 Å². The second kappa shape index (κ2) is 6.23. The largest absolute Gasteiger partial charge is 0.497 e. The zero-order chi connectivity index (χ0) is 15.6. The lowest BCUT2D eigenvalue weighted by molar-refractivity contribution is -0.116. The van der Waals surface area contributed by atoms with Crippen molar-refractivity contribution in [3.63, 3.8) is 0 Å². The van der Waals surface area contributed by atoms with Crippen molar-refractivity contribution in [3.8, 4) is 5.75 Å². The Bertz CT molecular complexity index is 605. The molecule has 118 valence electrons. The third-order valence-corrected chi connectivity index (χ3v) is 4.79. The molecule has 4 heteroatoms. The molecule has 0 saturated carbocycles. The van der Waals surface area contributed by atoms with Crippen LogP contribution in [-0.2, 0) is 26.1 Å². The predicted octanol–water partition coefficient (Wildman–Crippen LogP) is 2.79. The van der Waals surface area contributed by atoms with Gasteiger partial charge in [0.2, 0.25) is 0 Å². The maximum atomic E-state index is 11.8. The van der Waals surface area contributed by atoms with Gasteiger partial charge in [0.1, 0.15) is 12.5 Å². The summed E-state index contributed by atoms with van der Waals surface area (Å²) >= 11 is 0. The van der Waals surface area contributed by atoms with E-state index in [2.05, 4.69) is 12.1 Å². The molecule has 1 unspecified atom stereocenters. The highest BCUT2D eigenvalue weighted by Gasteiger charge is 2.43. The summed E-state index contributed by atoms with van der Waals surface area (Å²) in [5, 5.41) is 0. The molecular formula is C18H22O4. The molecule has 1 aromatic carbocycles. The highest BCUT2D eigenvalue weighted by atomic mass is 16.7. The van der Waals surface area contributed by atoms with Crippen molar-refractivity contribution in [1.82, 2.24) is 0 Å². The van der Waals surface area contributed by atoms with E-state index in [1.54, 1.807) is 14.2 Å². The Morgan fingerprint density at radius 3 is 2.82 bits per heavy atom. The van der Waals surface area contributed by atoms with Gasteiger partial charge in [0.05, 0.1) is 13.7 Å². The van der Waals surface area contributed by atoms with E-state index in [9.17, 15) is 4.79 Å². The van der Waals surface area contributed by atoms with E-state index in [0.717, 1.165) is 25.0 Å². The fraction of sp³-hybridized carbons (Fsp3) is 0.500. The molecule has 0 radical (unpaired) electrons. The zero-order valence-electron chi connectivity index (χ0n) is 13.2. The van der Waals surface area contributed by atoms with Gasteiger partial charge in [-0.1, -0.05) is 11.6 Å². The predicted molar refractivity (Wildman–Crippen MR) is 83.1 cm³/mol. The number of carbonyl (C=O) groups is 1. The summed E-state index contributed by atoms with van der Waals surface area (Å²) in [5.41, 5.74) is 3.59. The quantitative estimate of drug-likeness (QED) is 0.620. The molecule has 0 fully saturated rings. The minimum Gasteiger partial charge on any atom is -0.497 e. The smallest absolute Gasteiger partial charge is 0.155 e. The Hall–Kier alpha value is -1.65. The van der Waals surface area contributed by atoms with E-state index < -0.39 is 0 Å². The zero-order valence-corrected chi connectivity index (χ0v) is 13.2. The number of hydrogen-bond acceptors (Lipinski definition) is 4. The monoisotopic (exact) mass is 302 g/mol. The third kappa shape index (κ3) is 2.57. The number of ketones is 1. The van der Waals surface area contributed by atoms with Crippen LogP contribution in [0.15, 0.2) is 29.8 Å². The van der Waals surface area contributed by atoms with E-state index in [4.69, 9.17) is 14.2 Å². The molecule has 0 saturated heterocycles. The van der Waals surface area contributed by atoms with Crippen molar-refractivity contribution < 1.29 is 19.0 Å². The van der Waals surface area contributed by atoms with Gasteiger partial charge in [-0.3, -0.25) is 4.79 Å². The highest BCUT2D eigenvalue weighted by Crippen LogP contribution is 2.47. The summed E-state index contributed by atoms with van der Waals surface area (Å²) in [7, 11) is 3.31. The second-order valence-electron chi connectivity index (χ2n) is 6.00. The lowest BCUT2D eigenvalue weighted by atomic mass is 9.62. The molecule has 0 spiro atoms. The van der Waals surface area contributed by atoms with Crippen molar-refractivity contribution in [1.29, 1.82) is 0 Å². The molecule has 0 heterocycles. The Balaban J connectivity index is 2.03. The van der Waals surface area contributed by atoms with Gasteiger partial charge in [0, 0.05) is 18.9 Å². The molecule has 0 aromatic heterocycles. The van der Waals surface area contributed by atoms with E-state index in [1.165, 1.54) is 16.7 Å². The molecule has 0 bridgehead atoms. The molecule has 22 heavy (non-hydrogen) atoms. The van der Waals surface area contributed by atoms with Gasteiger partial charge in [-0.05, 0) is 48.6 Å². The Kier molecular flexibility index (Phi) is 4.32. The van der Waals surface area contributed by atoms with Gasteiger partial charge in [-0.15, -0.1) is 0 Å². The molecule has 2 aliphatic rings. The SMILES string of the molecule is COCOCC12CCC(=O)C=C1CCc1cc(OC)ccc12. The fourth-order valence-electron chi connectivity index (χ4n) is 3.70. The van der Waals surface area contributed by atoms with Crippen LogP contribution < -0.4 is 4.74 Å². The van der Waals surface area contributed by atoms with Crippen LogP contribution in [0.25, 0.3) is 0 Å². The van der Waals surface area contributed by atoms with E-state index in [0.29, 0.717) is 13.0 Å². The van der Waals surface area contributed by atoms with Gasteiger partial charge >= 0.3 is 0 Å². The molecular weight excluding hydrogens is 280 g/mol. The van der Waals surface area contributed by atoms with Crippen molar-refractivity contribution in [3.05, 3.63) is 41.0 Å². The Morgan fingerprint density at radius 1 is 1.18 bits per heavy atom. The second-order valence-corrected chi connectivity index (χ2v) is 6.00. The van der Waals surface area contributed by atoms with Crippen LogP contribution in [0.4, 0.5) is 0 Å². The minimum absolute atomic E-state index is 0.188. The Labute approximate surface area is 131 Å². The molecule has 4 nitrogen and oxygen atoms in total. The van der Waals surface area contributed by atoms with E-state index in [1.807, 2.05) is 12.1 Å². The number of benzene rings is 1. The van der Waals surface area contributed by atoms with Crippen LogP contribution in [0.1, 0.15) is 30.4 Å².